The van der Waals surface area contributed by atoms with Gasteiger partial charge < -0.3 is 13.3 Å². The summed E-state index contributed by atoms with van der Waals surface area (Å²) in [4.78, 5) is 0. The van der Waals surface area contributed by atoms with Crippen LogP contribution in [0.1, 0.15) is 48.8 Å². The van der Waals surface area contributed by atoms with Crippen molar-refractivity contribution in [3.63, 3.8) is 0 Å². The molecule has 3 aromatic rings. The minimum atomic E-state index is -2.94. The van der Waals surface area contributed by atoms with Crippen molar-refractivity contribution in [3.05, 3.63) is 108 Å². The predicted molar refractivity (Wildman–Crippen MR) is 126 cm³/mol. The molecular weight excluding hydrogens is 400 g/mol. The van der Waals surface area contributed by atoms with Crippen molar-refractivity contribution < 1.29 is 13.3 Å². The molecule has 0 N–H and O–H groups in total. The first kappa shape index (κ1) is 22.0. The van der Waals surface area contributed by atoms with E-state index in [1.807, 2.05) is 18.2 Å². The zero-order valence-electron chi connectivity index (χ0n) is 18.1. The zero-order chi connectivity index (χ0) is 21.2. The van der Waals surface area contributed by atoms with Gasteiger partial charge in [-0.1, -0.05) is 110 Å². The van der Waals surface area contributed by atoms with Gasteiger partial charge in [0.15, 0.2) is 0 Å². The third-order valence-electron chi connectivity index (χ3n) is 5.95. The molecule has 0 unspecified atom stereocenters. The molecule has 0 aromatic heterocycles. The molecule has 0 aliphatic heterocycles. The van der Waals surface area contributed by atoms with Gasteiger partial charge in [0, 0.05) is 5.54 Å². The van der Waals surface area contributed by atoms with Crippen LogP contribution in [0, 0.1) is 0 Å². The summed E-state index contributed by atoms with van der Waals surface area (Å²) in [6.07, 6.45) is 5.96. The van der Waals surface area contributed by atoms with E-state index < -0.39 is 8.80 Å². The molecule has 31 heavy (non-hydrogen) atoms. The maximum Gasteiger partial charge on any atom is 0.505 e. The summed E-state index contributed by atoms with van der Waals surface area (Å²) in [6.45, 7) is 1.56. The Kier molecular flexibility index (Phi) is 8.08. The van der Waals surface area contributed by atoms with Crippen LogP contribution in [-0.2, 0) is 33.1 Å². The average molecular weight is 433 g/mol. The lowest BCUT2D eigenvalue weighted by atomic mass is 10.0. The minimum absolute atomic E-state index is 0.345. The Balaban J connectivity index is 1.57. The Morgan fingerprint density at radius 2 is 0.871 bits per heavy atom. The SMILES string of the molecule is c1ccc(CO[Si](OCc2ccccc2)(OCc2ccccc2)C2CCCCC2)cc1. The summed E-state index contributed by atoms with van der Waals surface area (Å²) in [5, 5.41) is 0. The van der Waals surface area contributed by atoms with E-state index in [-0.39, 0.29) is 0 Å². The molecule has 162 valence electrons. The van der Waals surface area contributed by atoms with Crippen LogP contribution in [0.15, 0.2) is 91.0 Å². The van der Waals surface area contributed by atoms with Gasteiger partial charge in [-0.25, -0.2) is 0 Å². The molecular formula is C27H32O3Si. The fourth-order valence-corrected chi connectivity index (χ4v) is 7.39. The highest BCUT2D eigenvalue weighted by atomic mass is 28.4. The molecule has 1 fully saturated rings. The van der Waals surface area contributed by atoms with E-state index in [0.29, 0.717) is 25.4 Å². The quantitative estimate of drug-likeness (QED) is 0.326. The van der Waals surface area contributed by atoms with E-state index in [1.165, 1.54) is 19.3 Å². The molecule has 0 amide bonds. The van der Waals surface area contributed by atoms with Crippen molar-refractivity contribution in [2.45, 2.75) is 57.5 Å². The third kappa shape index (κ3) is 6.37. The molecule has 0 spiro atoms. The second-order valence-corrected chi connectivity index (χ2v) is 11.2. The Hall–Kier alpha value is -2.24. The van der Waals surface area contributed by atoms with Crippen molar-refractivity contribution in [1.82, 2.24) is 0 Å². The van der Waals surface area contributed by atoms with Gasteiger partial charge in [-0.2, -0.15) is 0 Å². The molecule has 1 aliphatic carbocycles. The summed E-state index contributed by atoms with van der Waals surface area (Å²) in [5.41, 5.74) is 3.81. The predicted octanol–water partition coefficient (Wildman–Crippen LogP) is 6.91. The van der Waals surface area contributed by atoms with E-state index in [2.05, 4.69) is 72.8 Å². The van der Waals surface area contributed by atoms with Gasteiger partial charge in [-0.3, -0.25) is 0 Å². The number of hydrogen-bond acceptors (Lipinski definition) is 3. The van der Waals surface area contributed by atoms with Crippen LogP contribution in [-0.4, -0.2) is 8.80 Å². The fourth-order valence-electron chi connectivity index (χ4n) is 4.21. The van der Waals surface area contributed by atoms with Crippen LogP contribution < -0.4 is 0 Å². The van der Waals surface area contributed by atoms with Gasteiger partial charge in [-0.15, -0.1) is 0 Å². The molecule has 1 aliphatic rings. The van der Waals surface area contributed by atoms with Gasteiger partial charge in [0.25, 0.3) is 0 Å². The smallest absolute Gasteiger partial charge is 0.369 e. The lowest BCUT2D eigenvalue weighted by Crippen LogP contribution is -2.50. The van der Waals surface area contributed by atoms with Gasteiger partial charge in [0.05, 0.1) is 19.8 Å². The van der Waals surface area contributed by atoms with Crippen molar-refractivity contribution in [2.24, 2.45) is 0 Å². The molecule has 4 heteroatoms. The fraction of sp³-hybridized carbons (Fsp3) is 0.333. The van der Waals surface area contributed by atoms with Crippen LogP contribution in [0.3, 0.4) is 0 Å². The van der Waals surface area contributed by atoms with Crippen LogP contribution in [0.5, 0.6) is 0 Å². The number of hydrogen-bond donors (Lipinski definition) is 0. The number of benzene rings is 3. The van der Waals surface area contributed by atoms with Gasteiger partial charge in [0.2, 0.25) is 0 Å². The highest BCUT2D eigenvalue weighted by Gasteiger charge is 2.50. The topological polar surface area (TPSA) is 27.7 Å². The zero-order valence-corrected chi connectivity index (χ0v) is 19.1. The maximum absolute atomic E-state index is 6.69. The van der Waals surface area contributed by atoms with Gasteiger partial charge in [0.1, 0.15) is 0 Å². The molecule has 4 rings (SSSR count). The average Bonchev–Trinajstić information content (AvgIpc) is 2.86. The number of rotatable bonds is 10. The molecule has 0 heterocycles. The molecule has 0 saturated heterocycles. The van der Waals surface area contributed by atoms with E-state index >= 15 is 0 Å². The van der Waals surface area contributed by atoms with Crippen molar-refractivity contribution in [1.29, 1.82) is 0 Å². The van der Waals surface area contributed by atoms with E-state index in [9.17, 15) is 0 Å². The maximum atomic E-state index is 6.69. The standard InChI is InChI=1S/C27H32O3Si/c1-5-13-24(14-6-1)21-28-31(27-19-11-4-12-20-27,29-22-25-15-7-2-8-16-25)30-23-26-17-9-3-10-18-26/h1-3,5-10,13-18,27H,4,11-12,19-23H2. The molecule has 3 nitrogen and oxygen atoms in total. The summed E-state index contributed by atoms with van der Waals surface area (Å²) in [6, 6.07) is 31.1. The lowest BCUT2D eigenvalue weighted by Gasteiger charge is -2.38. The van der Waals surface area contributed by atoms with Crippen LogP contribution in [0.2, 0.25) is 5.54 Å². The van der Waals surface area contributed by atoms with Crippen LogP contribution in [0.4, 0.5) is 0 Å². The van der Waals surface area contributed by atoms with E-state index in [4.69, 9.17) is 13.3 Å². The Morgan fingerprint density at radius 3 is 1.23 bits per heavy atom. The summed E-state index contributed by atoms with van der Waals surface area (Å²) >= 11 is 0. The lowest BCUT2D eigenvalue weighted by molar-refractivity contribution is 0.0291. The Morgan fingerprint density at radius 1 is 0.516 bits per heavy atom. The summed E-state index contributed by atoms with van der Waals surface area (Å²) in [5.74, 6) is 0. The van der Waals surface area contributed by atoms with E-state index in [1.54, 1.807) is 0 Å². The third-order valence-corrected chi connectivity index (χ3v) is 9.17. The second-order valence-electron chi connectivity index (χ2n) is 8.26. The highest BCUT2D eigenvalue weighted by Crippen LogP contribution is 2.40. The largest absolute Gasteiger partial charge is 0.505 e. The molecule has 0 atom stereocenters. The first-order valence-corrected chi connectivity index (χ1v) is 13.2. The molecule has 3 aromatic carbocycles. The Bertz CT molecular complexity index is 774. The first-order chi connectivity index (χ1) is 15.3. The van der Waals surface area contributed by atoms with Crippen LogP contribution >= 0.6 is 0 Å². The summed E-state index contributed by atoms with van der Waals surface area (Å²) < 4.78 is 20.1. The van der Waals surface area contributed by atoms with Gasteiger partial charge >= 0.3 is 8.80 Å². The highest BCUT2D eigenvalue weighted by molar-refractivity contribution is 6.62. The monoisotopic (exact) mass is 432 g/mol. The normalized spacial score (nSPS) is 15.1. The van der Waals surface area contributed by atoms with Gasteiger partial charge in [-0.05, 0) is 29.5 Å². The molecule has 0 radical (unpaired) electrons. The summed E-state index contributed by atoms with van der Waals surface area (Å²) in [7, 11) is -2.94. The van der Waals surface area contributed by atoms with Crippen molar-refractivity contribution in [3.8, 4) is 0 Å². The van der Waals surface area contributed by atoms with Crippen molar-refractivity contribution in [2.75, 3.05) is 0 Å². The Labute approximate surface area is 187 Å². The first-order valence-electron chi connectivity index (χ1n) is 11.4. The van der Waals surface area contributed by atoms with Crippen molar-refractivity contribution >= 4 is 8.80 Å². The molecule has 0 bridgehead atoms. The van der Waals surface area contributed by atoms with Crippen LogP contribution in [0.25, 0.3) is 0 Å². The van der Waals surface area contributed by atoms with E-state index in [0.717, 1.165) is 29.5 Å². The minimum Gasteiger partial charge on any atom is -0.369 e. The molecule has 1 saturated carbocycles. The second kappa shape index (κ2) is 11.4.